The lowest BCUT2D eigenvalue weighted by atomic mass is 10.0. The number of anilines is 1. The molecule has 2 N–H and O–H groups in total. The predicted octanol–water partition coefficient (Wildman–Crippen LogP) is 3.11. The van der Waals surface area contributed by atoms with E-state index in [2.05, 4.69) is 9.47 Å². The summed E-state index contributed by atoms with van der Waals surface area (Å²) in [6.45, 7) is -4.77. The number of alkyl halides is 4. The fourth-order valence-corrected chi connectivity index (χ4v) is 3.69. The van der Waals surface area contributed by atoms with Gasteiger partial charge in [-0.25, -0.2) is 0 Å². The summed E-state index contributed by atoms with van der Waals surface area (Å²) < 4.78 is 59.3. The Morgan fingerprint density at radius 1 is 1.00 bits per heavy atom. The van der Waals surface area contributed by atoms with Crippen LogP contribution in [0.1, 0.15) is 5.56 Å². The molecule has 0 bridgehead atoms. The van der Waals surface area contributed by atoms with Crippen LogP contribution >= 0.6 is 0 Å². The van der Waals surface area contributed by atoms with Crippen LogP contribution in [0.3, 0.4) is 0 Å². The lowest BCUT2D eigenvalue weighted by Crippen LogP contribution is -2.56. The highest BCUT2D eigenvalue weighted by Gasteiger charge is 2.29. The molecule has 1 aliphatic rings. The predicted molar refractivity (Wildman–Crippen MR) is 107 cm³/mol. The maximum absolute atomic E-state index is 12.8. The summed E-state index contributed by atoms with van der Waals surface area (Å²) in [7, 11) is 0. The third kappa shape index (κ3) is 6.48. The molecule has 1 heterocycles. The molecule has 2 aromatic carbocycles. The van der Waals surface area contributed by atoms with Crippen LogP contribution in [0.15, 0.2) is 48.5 Å². The summed E-state index contributed by atoms with van der Waals surface area (Å²) in [5.41, 5.74) is 6.99. The van der Waals surface area contributed by atoms with Crippen molar-refractivity contribution in [3.8, 4) is 11.5 Å². The van der Waals surface area contributed by atoms with Crippen molar-refractivity contribution in [2.75, 3.05) is 31.1 Å². The Balaban J connectivity index is 1.82. The van der Waals surface area contributed by atoms with Gasteiger partial charge in [-0.2, -0.15) is 17.6 Å². The average molecular weight is 441 g/mol. The number of amides is 1. The summed E-state index contributed by atoms with van der Waals surface area (Å²) in [6.07, 6.45) is 0.650. The highest BCUT2D eigenvalue weighted by Crippen LogP contribution is 2.35. The number of ether oxygens (including phenoxy) is 2. The van der Waals surface area contributed by atoms with Gasteiger partial charge in [0, 0.05) is 37.4 Å². The molecule has 1 fully saturated rings. The van der Waals surface area contributed by atoms with E-state index in [0.717, 1.165) is 5.56 Å². The number of primary amides is 1. The Labute approximate surface area is 177 Å². The van der Waals surface area contributed by atoms with Crippen LogP contribution in [0.2, 0.25) is 0 Å². The Kier molecular flexibility index (Phi) is 7.56. The normalized spacial score (nSPS) is 17.2. The second-order valence-corrected chi connectivity index (χ2v) is 7.11. The van der Waals surface area contributed by atoms with Crippen molar-refractivity contribution in [3.63, 3.8) is 0 Å². The smallest absolute Gasteiger partial charge is 0.387 e. The minimum absolute atomic E-state index is 0.0693. The topological polar surface area (TPSA) is 68.0 Å². The first-order chi connectivity index (χ1) is 14.8. The monoisotopic (exact) mass is 441 g/mol. The van der Waals surface area contributed by atoms with E-state index in [1.807, 2.05) is 40.1 Å². The van der Waals surface area contributed by atoms with Crippen molar-refractivity contribution in [2.24, 2.45) is 5.73 Å². The molecule has 1 saturated heterocycles. The Morgan fingerprint density at radius 3 is 2.32 bits per heavy atom. The van der Waals surface area contributed by atoms with Gasteiger partial charge in [0.25, 0.3) is 0 Å². The van der Waals surface area contributed by atoms with E-state index in [-0.39, 0.29) is 12.6 Å². The maximum Gasteiger partial charge on any atom is 0.387 e. The molecule has 1 atom stereocenters. The summed E-state index contributed by atoms with van der Waals surface area (Å²) in [4.78, 5) is 15.4. The molecule has 10 heteroatoms. The number of halogens is 4. The van der Waals surface area contributed by atoms with Crippen LogP contribution in [-0.4, -0.2) is 56.3 Å². The molecule has 1 aliphatic heterocycles. The minimum Gasteiger partial charge on any atom is -0.431 e. The fraction of sp³-hybridized carbons (Fsp3) is 0.381. The lowest BCUT2D eigenvalue weighted by molar-refractivity contribution is -0.119. The van der Waals surface area contributed by atoms with Gasteiger partial charge in [0.05, 0.1) is 6.54 Å². The Hall–Kier alpha value is -3.01. The second kappa shape index (κ2) is 10.3. The number of carbonyl (C=O) groups excluding carboxylic acids is 1. The van der Waals surface area contributed by atoms with Crippen molar-refractivity contribution in [1.82, 2.24) is 4.90 Å². The molecule has 0 aromatic heterocycles. The zero-order chi connectivity index (χ0) is 22.4. The van der Waals surface area contributed by atoms with Crippen molar-refractivity contribution in [1.29, 1.82) is 0 Å². The number of nitrogens with two attached hydrogens (primary N) is 1. The fourth-order valence-electron chi connectivity index (χ4n) is 3.69. The Morgan fingerprint density at radius 2 is 1.68 bits per heavy atom. The Bertz CT molecular complexity index is 870. The van der Waals surface area contributed by atoms with E-state index >= 15 is 0 Å². The molecule has 0 aliphatic carbocycles. The number of benzene rings is 2. The molecule has 0 radical (unpaired) electrons. The molecule has 2 aromatic rings. The molecule has 3 rings (SSSR count). The highest BCUT2D eigenvalue weighted by molar-refractivity contribution is 5.76. The van der Waals surface area contributed by atoms with Crippen molar-refractivity contribution >= 4 is 11.6 Å². The van der Waals surface area contributed by atoms with Gasteiger partial charge in [0.1, 0.15) is 0 Å². The molecule has 0 saturated carbocycles. The quantitative estimate of drug-likeness (QED) is 0.606. The van der Waals surface area contributed by atoms with E-state index in [0.29, 0.717) is 31.7 Å². The number of nitrogens with zero attached hydrogens (tertiary/aromatic N) is 2. The van der Waals surface area contributed by atoms with Crippen LogP contribution in [0.4, 0.5) is 23.2 Å². The van der Waals surface area contributed by atoms with Gasteiger partial charge >= 0.3 is 13.2 Å². The van der Waals surface area contributed by atoms with Gasteiger partial charge in [-0.3, -0.25) is 9.69 Å². The summed E-state index contributed by atoms with van der Waals surface area (Å²) in [5.74, 6) is -1.37. The molecular weight excluding hydrogens is 418 g/mol. The summed E-state index contributed by atoms with van der Waals surface area (Å²) >= 11 is 0. The van der Waals surface area contributed by atoms with Gasteiger partial charge in [-0.1, -0.05) is 30.3 Å². The first-order valence-electron chi connectivity index (χ1n) is 9.66. The maximum atomic E-state index is 12.8. The zero-order valence-corrected chi connectivity index (χ0v) is 16.6. The molecule has 0 unspecified atom stereocenters. The van der Waals surface area contributed by atoms with Gasteiger partial charge in [0.2, 0.25) is 5.91 Å². The van der Waals surface area contributed by atoms with E-state index in [9.17, 15) is 22.4 Å². The van der Waals surface area contributed by atoms with Gasteiger partial charge in [0.15, 0.2) is 11.5 Å². The molecule has 168 valence electrons. The lowest BCUT2D eigenvalue weighted by Gasteiger charge is -2.42. The molecule has 6 nitrogen and oxygen atoms in total. The van der Waals surface area contributed by atoms with Crippen LogP contribution < -0.4 is 20.1 Å². The van der Waals surface area contributed by atoms with Gasteiger partial charge in [-0.05, 0) is 24.1 Å². The third-order valence-electron chi connectivity index (χ3n) is 5.00. The molecule has 0 spiro atoms. The molecule has 31 heavy (non-hydrogen) atoms. The largest absolute Gasteiger partial charge is 0.431 e. The van der Waals surface area contributed by atoms with Crippen LogP contribution in [-0.2, 0) is 11.2 Å². The number of rotatable bonds is 9. The van der Waals surface area contributed by atoms with Crippen molar-refractivity contribution < 1.29 is 31.8 Å². The number of hydrogen-bond acceptors (Lipinski definition) is 5. The third-order valence-corrected chi connectivity index (χ3v) is 5.00. The highest BCUT2D eigenvalue weighted by atomic mass is 19.3. The van der Waals surface area contributed by atoms with Crippen LogP contribution in [0, 0.1) is 0 Å². The van der Waals surface area contributed by atoms with Crippen molar-refractivity contribution in [3.05, 3.63) is 54.1 Å². The minimum atomic E-state index is -3.19. The van der Waals surface area contributed by atoms with E-state index in [4.69, 9.17) is 5.73 Å². The van der Waals surface area contributed by atoms with Crippen molar-refractivity contribution in [2.45, 2.75) is 25.7 Å². The standard InChI is InChI=1S/C21H23F4N3O3/c22-20(23)30-17-7-6-15(11-18(17)31-21(24)25)27-8-9-28(13-19(26)29)16(12-27)10-14-4-2-1-3-5-14/h1-7,11,16,20-21H,8-10,12-13H2,(H2,26,29)/t16-/m0/s1. The van der Waals surface area contributed by atoms with Gasteiger partial charge < -0.3 is 20.1 Å². The number of piperazine rings is 1. The SMILES string of the molecule is NC(=O)CN1CCN(c2ccc(OC(F)F)c(OC(F)F)c2)C[C@@H]1Cc1ccccc1. The summed E-state index contributed by atoms with van der Waals surface area (Å²) in [5, 5.41) is 0. The van der Waals surface area contributed by atoms with E-state index < -0.39 is 30.6 Å². The van der Waals surface area contributed by atoms with E-state index in [1.54, 1.807) is 0 Å². The zero-order valence-electron chi connectivity index (χ0n) is 16.6. The first kappa shape index (κ1) is 22.7. The first-order valence-corrected chi connectivity index (χ1v) is 9.66. The number of hydrogen-bond donors (Lipinski definition) is 1. The van der Waals surface area contributed by atoms with Gasteiger partial charge in [-0.15, -0.1) is 0 Å². The number of carbonyl (C=O) groups is 1. The van der Waals surface area contributed by atoms with E-state index in [1.165, 1.54) is 18.2 Å². The molecule has 1 amide bonds. The second-order valence-electron chi connectivity index (χ2n) is 7.11. The van der Waals surface area contributed by atoms with Crippen LogP contribution in [0.5, 0.6) is 11.5 Å². The summed E-state index contributed by atoms with van der Waals surface area (Å²) in [6, 6.07) is 13.6. The van der Waals surface area contributed by atoms with Crippen LogP contribution in [0.25, 0.3) is 0 Å². The average Bonchev–Trinajstić information content (AvgIpc) is 2.70. The molecular formula is C21H23F4N3O3.